The lowest BCUT2D eigenvalue weighted by Crippen LogP contribution is -2.70. The van der Waals surface area contributed by atoms with E-state index in [9.17, 15) is 23.9 Å². The molecule has 188 valence electrons. The quantitative estimate of drug-likeness (QED) is 0.557. The Balaban J connectivity index is 1.81. The number of alkyl halides is 3. The van der Waals surface area contributed by atoms with Gasteiger partial charge in [-0.2, -0.15) is 0 Å². The van der Waals surface area contributed by atoms with Crippen LogP contribution in [0.25, 0.3) is 0 Å². The van der Waals surface area contributed by atoms with Gasteiger partial charge in [-0.25, -0.2) is 13.2 Å². The van der Waals surface area contributed by atoms with E-state index in [-0.39, 0.29) is 37.7 Å². The Morgan fingerprint density at radius 3 is 2.65 bits per heavy atom. The Morgan fingerprint density at radius 2 is 2.00 bits per heavy atom. The third-order valence-corrected chi connectivity index (χ3v) is 9.57. The van der Waals surface area contributed by atoms with E-state index in [1.165, 1.54) is 19.1 Å². The number of ketones is 1. The third-order valence-electron chi connectivity index (χ3n) is 8.87. The molecule has 3 saturated carbocycles. The minimum Gasteiger partial charge on any atom is -0.449 e. The summed E-state index contributed by atoms with van der Waals surface area (Å²) < 4.78 is 51.4. The number of halogens is 3. The molecule has 0 aromatic carbocycles. The SMILES string of the molecule is CC12C=CC(=O)C=C1C(F)CC1C3CCC(OC(=O)CCO)(C(=O)SCF)C3(C)CC(O)C12F. The van der Waals surface area contributed by atoms with Crippen LogP contribution in [0.15, 0.2) is 23.8 Å². The molecule has 0 aromatic rings. The number of carbonyl (C=O) groups excluding carboxylic acids is 3. The summed E-state index contributed by atoms with van der Waals surface area (Å²) in [6.45, 7) is 2.57. The van der Waals surface area contributed by atoms with Gasteiger partial charge in [0.05, 0.1) is 19.1 Å². The first kappa shape index (κ1) is 25.4. The van der Waals surface area contributed by atoms with E-state index in [0.717, 1.165) is 6.08 Å². The van der Waals surface area contributed by atoms with E-state index in [1.54, 1.807) is 6.92 Å². The molecule has 3 fully saturated rings. The average Bonchev–Trinajstić information content (AvgIpc) is 3.05. The largest absolute Gasteiger partial charge is 0.449 e. The van der Waals surface area contributed by atoms with Gasteiger partial charge in [-0.3, -0.25) is 14.4 Å². The number of esters is 1. The molecule has 0 spiro atoms. The lowest BCUT2D eigenvalue weighted by molar-refractivity contribution is -0.226. The summed E-state index contributed by atoms with van der Waals surface area (Å²) in [6, 6.07) is -1.06. The van der Waals surface area contributed by atoms with Gasteiger partial charge < -0.3 is 14.9 Å². The number of hydrogen-bond donors (Lipinski definition) is 2. The van der Waals surface area contributed by atoms with Gasteiger partial charge in [0.2, 0.25) is 5.12 Å². The van der Waals surface area contributed by atoms with Crippen LogP contribution in [0.4, 0.5) is 13.2 Å². The molecular weight excluding hydrogens is 473 g/mol. The van der Waals surface area contributed by atoms with Crippen molar-refractivity contribution in [2.75, 3.05) is 12.6 Å². The Bertz CT molecular complexity index is 970. The van der Waals surface area contributed by atoms with E-state index in [0.29, 0.717) is 11.8 Å². The number of aliphatic hydroxyl groups excluding tert-OH is 2. The molecular formula is C24H29F3O6S. The summed E-state index contributed by atoms with van der Waals surface area (Å²) in [5.41, 5.74) is -7.04. The maximum Gasteiger partial charge on any atom is 0.309 e. The minimum absolute atomic E-state index is 0.0101. The molecule has 0 heterocycles. The van der Waals surface area contributed by atoms with Gasteiger partial charge in [0.25, 0.3) is 0 Å². The standard InChI is InChI=1S/C24H29F3O6S/c1-21-6-3-13(29)9-16(21)17(26)10-15-14-4-7-23(20(32)34-12-25,33-19(31)5-8-28)22(14,2)11-18(30)24(15,21)27/h3,6,9,14-15,17-18,28,30H,4-5,7-8,10-12H2,1-2H3. The van der Waals surface area contributed by atoms with Crippen molar-refractivity contribution in [2.45, 2.75) is 69.5 Å². The normalized spacial score (nSPS) is 45.1. The van der Waals surface area contributed by atoms with Crippen molar-refractivity contribution >= 4 is 28.6 Å². The molecule has 10 heteroatoms. The molecule has 0 radical (unpaired) electrons. The van der Waals surface area contributed by atoms with Crippen LogP contribution in [0.3, 0.4) is 0 Å². The second kappa shape index (κ2) is 8.48. The first-order valence-electron chi connectivity index (χ1n) is 11.4. The number of carbonyl (C=O) groups is 3. The summed E-state index contributed by atoms with van der Waals surface area (Å²) >= 11 is 0.337. The zero-order valence-electron chi connectivity index (χ0n) is 19.1. The number of thioether (sulfide) groups is 1. The zero-order chi connectivity index (χ0) is 25.1. The van der Waals surface area contributed by atoms with Crippen molar-refractivity contribution in [3.63, 3.8) is 0 Å². The van der Waals surface area contributed by atoms with Crippen LogP contribution in [0.2, 0.25) is 0 Å². The van der Waals surface area contributed by atoms with Crippen molar-refractivity contribution in [2.24, 2.45) is 22.7 Å². The summed E-state index contributed by atoms with van der Waals surface area (Å²) in [6.07, 6.45) is -0.498. The van der Waals surface area contributed by atoms with Crippen LogP contribution >= 0.6 is 11.8 Å². The van der Waals surface area contributed by atoms with Crippen LogP contribution in [0.5, 0.6) is 0 Å². The van der Waals surface area contributed by atoms with Crippen molar-refractivity contribution in [1.82, 2.24) is 0 Å². The van der Waals surface area contributed by atoms with Gasteiger partial charge in [-0.1, -0.05) is 13.0 Å². The predicted octanol–water partition coefficient (Wildman–Crippen LogP) is 3.16. The molecule has 2 N–H and O–H groups in total. The van der Waals surface area contributed by atoms with Crippen LogP contribution in [0.1, 0.15) is 46.0 Å². The minimum atomic E-state index is -2.33. The fourth-order valence-corrected chi connectivity index (χ4v) is 7.95. The third kappa shape index (κ3) is 3.20. The Hall–Kier alpha value is -1.65. The van der Waals surface area contributed by atoms with E-state index >= 15 is 8.78 Å². The number of fused-ring (bicyclic) bond motifs is 5. The van der Waals surface area contributed by atoms with Gasteiger partial charge in [0, 0.05) is 16.7 Å². The number of rotatable bonds is 5. The number of aliphatic hydroxyl groups is 2. The molecule has 0 amide bonds. The fourth-order valence-electron chi connectivity index (χ4n) is 7.24. The number of hydrogen-bond acceptors (Lipinski definition) is 7. The molecule has 6 nitrogen and oxygen atoms in total. The topological polar surface area (TPSA) is 101 Å². The average molecular weight is 503 g/mol. The van der Waals surface area contributed by atoms with E-state index in [1.807, 2.05) is 0 Å². The van der Waals surface area contributed by atoms with Crippen molar-refractivity contribution < 1.29 is 42.5 Å². The maximum absolute atomic E-state index is 17.1. The monoisotopic (exact) mass is 502 g/mol. The number of ether oxygens (including phenoxy) is 1. The zero-order valence-corrected chi connectivity index (χ0v) is 19.9. The van der Waals surface area contributed by atoms with Crippen molar-refractivity contribution in [1.29, 1.82) is 0 Å². The summed E-state index contributed by atoms with van der Waals surface area (Å²) in [4.78, 5) is 37.5. The molecule has 0 aromatic heterocycles. The highest BCUT2D eigenvalue weighted by Gasteiger charge is 2.76. The van der Waals surface area contributed by atoms with Crippen LogP contribution < -0.4 is 0 Å². The molecule has 8 unspecified atom stereocenters. The van der Waals surface area contributed by atoms with Crippen molar-refractivity contribution in [3.05, 3.63) is 23.8 Å². The van der Waals surface area contributed by atoms with Crippen LogP contribution in [-0.2, 0) is 19.1 Å². The molecule has 8 atom stereocenters. The molecule has 0 aliphatic heterocycles. The molecule has 0 saturated heterocycles. The van der Waals surface area contributed by atoms with Gasteiger partial charge >= 0.3 is 5.97 Å². The first-order valence-corrected chi connectivity index (χ1v) is 12.4. The highest BCUT2D eigenvalue weighted by molar-refractivity contribution is 8.13. The van der Waals surface area contributed by atoms with Gasteiger partial charge in [-0.05, 0) is 68.0 Å². The first-order chi connectivity index (χ1) is 15.9. The molecule has 4 aliphatic rings. The smallest absolute Gasteiger partial charge is 0.309 e. The lowest BCUT2D eigenvalue weighted by atomic mass is 9.44. The van der Waals surface area contributed by atoms with Gasteiger partial charge in [0.1, 0.15) is 12.2 Å². The molecule has 0 bridgehead atoms. The Labute approximate surface area is 200 Å². The van der Waals surface area contributed by atoms with Crippen LogP contribution in [-0.4, -0.2) is 63.2 Å². The Kier molecular flexibility index (Phi) is 6.35. The number of allylic oxidation sites excluding steroid dienone is 4. The highest BCUT2D eigenvalue weighted by atomic mass is 32.2. The van der Waals surface area contributed by atoms with E-state index in [4.69, 9.17) is 9.84 Å². The van der Waals surface area contributed by atoms with E-state index in [2.05, 4.69) is 0 Å². The lowest BCUT2D eigenvalue weighted by Gasteiger charge is -2.63. The second-order valence-electron chi connectivity index (χ2n) is 10.2. The summed E-state index contributed by atoms with van der Waals surface area (Å²) in [5, 5.41) is 19.7. The van der Waals surface area contributed by atoms with Gasteiger partial charge in [-0.15, -0.1) is 0 Å². The molecule has 4 rings (SSSR count). The highest BCUT2D eigenvalue weighted by Crippen LogP contribution is 2.71. The summed E-state index contributed by atoms with van der Waals surface area (Å²) in [5.74, 6) is -3.01. The second-order valence-corrected chi connectivity index (χ2v) is 11.1. The molecule has 34 heavy (non-hydrogen) atoms. The van der Waals surface area contributed by atoms with Crippen LogP contribution in [0, 0.1) is 22.7 Å². The van der Waals surface area contributed by atoms with Gasteiger partial charge in [0.15, 0.2) is 17.1 Å². The maximum atomic E-state index is 17.1. The summed E-state index contributed by atoms with van der Waals surface area (Å²) in [7, 11) is 0. The molecule has 4 aliphatic carbocycles. The predicted molar refractivity (Wildman–Crippen MR) is 118 cm³/mol. The Morgan fingerprint density at radius 1 is 1.29 bits per heavy atom. The van der Waals surface area contributed by atoms with E-state index < -0.39 is 75.7 Å². The van der Waals surface area contributed by atoms with Crippen molar-refractivity contribution in [3.8, 4) is 0 Å². The fraction of sp³-hybridized carbons (Fsp3) is 0.708.